The summed E-state index contributed by atoms with van der Waals surface area (Å²) >= 11 is 0. The summed E-state index contributed by atoms with van der Waals surface area (Å²) in [4.78, 5) is 4.23. The molecule has 0 saturated heterocycles. The zero-order chi connectivity index (χ0) is 10.9. The minimum absolute atomic E-state index is 0.213. The van der Waals surface area contributed by atoms with Crippen LogP contribution in [0.3, 0.4) is 0 Å². The summed E-state index contributed by atoms with van der Waals surface area (Å²) < 4.78 is 2.34. The van der Waals surface area contributed by atoms with Crippen molar-refractivity contribution in [1.29, 1.82) is 0 Å². The third kappa shape index (κ3) is 3.06. The van der Waals surface area contributed by atoms with Crippen LogP contribution in [0.25, 0.3) is 0 Å². The van der Waals surface area contributed by atoms with E-state index in [1.54, 1.807) is 0 Å². The van der Waals surface area contributed by atoms with Crippen LogP contribution in [0.15, 0.2) is 12.5 Å². The fourth-order valence-electron chi connectivity index (χ4n) is 1.77. The fourth-order valence-corrected chi connectivity index (χ4v) is 1.77. The molecule has 2 rings (SSSR count). The SMILES string of the molecule is CC(C)(C)NCCc1cncn1C1CC1. The van der Waals surface area contributed by atoms with Gasteiger partial charge >= 0.3 is 0 Å². The Morgan fingerprint density at radius 2 is 2.20 bits per heavy atom. The molecular formula is C12H21N3. The number of hydrogen-bond donors (Lipinski definition) is 1. The summed E-state index contributed by atoms with van der Waals surface area (Å²) in [6.07, 6.45) is 7.71. The van der Waals surface area contributed by atoms with Gasteiger partial charge in [-0.2, -0.15) is 0 Å². The summed E-state index contributed by atoms with van der Waals surface area (Å²) in [5, 5.41) is 3.51. The predicted molar refractivity (Wildman–Crippen MR) is 62.0 cm³/mol. The van der Waals surface area contributed by atoms with Gasteiger partial charge in [0.1, 0.15) is 0 Å². The van der Waals surface area contributed by atoms with Crippen LogP contribution in [-0.2, 0) is 6.42 Å². The molecule has 3 nitrogen and oxygen atoms in total. The molecule has 0 unspecified atom stereocenters. The molecule has 1 N–H and O–H groups in total. The maximum absolute atomic E-state index is 4.23. The molecule has 0 radical (unpaired) electrons. The minimum atomic E-state index is 0.213. The zero-order valence-corrected chi connectivity index (χ0v) is 9.95. The molecule has 3 heteroatoms. The predicted octanol–water partition coefficient (Wildman–Crippen LogP) is 2.15. The third-order valence-corrected chi connectivity index (χ3v) is 2.72. The summed E-state index contributed by atoms with van der Waals surface area (Å²) in [7, 11) is 0. The molecule has 0 aromatic carbocycles. The Balaban J connectivity index is 1.85. The largest absolute Gasteiger partial charge is 0.332 e. The van der Waals surface area contributed by atoms with E-state index in [-0.39, 0.29) is 5.54 Å². The number of hydrogen-bond acceptors (Lipinski definition) is 2. The molecule has 0 bridgehead atoms. The van der Waals surface area contributed by atoms with Crippen molar-refractivity contribution in [2.75, 3.05) is 6.54 Å². The van der Waals surface area contributed by atoms with Crippen molar-refractivity contribution in [3.63, 3.8) is 0 Å². The number of nitrogens with one attached hydrogen (secondary N) is 1. The lowest BCUT2D eigenvalue weighted by atomic mass is 10.1. The van der Waals surface area contributed by atoms with E-state index in [4.69, 9.17) is 0 Å². The van der Waals surface area contributed by atoms with Crippen LogP contribution in [0.5, 0.6) is 0 Å². The Labute approximate surface area is 91.9 Å². The van der Waals surface area contributed by atoms with Crippen LogP contribution in [0, 0.1) is 0 Å². The highest BCUT2D eigenvalue weighted by molar-refractivity contribution is 5.04. The lowest BCUT2D eigenvalue weighted by Gasteiger charge is -2.20. The number of nitrogens with zero attached hydrogens (tertiary/aromatic N) is 2. The first-order chi connectivity index (χ1) is 7.06. The number of rotatable bonds is 4. The van der Waals surface area contributed by atoms with Gasteiger partial charge in [0.25, 0.3) is 0 Å². The first-order valence-corrected chi connectivity index (χ1v) is 5.82. The van der Waals surface area contributed by atoms with Gasteiger partial charge in [-0.3, -0.25) is 0 Å². The fraction of sp³-hybridized carbons (Fsp3) is 0.750. The molecule has 1 aliphatic carbocycles. The molecule has 15 heavy (non-hydrogen) atoms. The van der Waals surface area contributed by atoms with E-state index >= 15 is 0 Å². The highest BCUT2D eigenvalue weighted by atomic mass is 15.1. The second-order valence-corrected chi connectivity index (χ2v) is 5.45. The molecule has 1 aromatic rings. The normalized spacial score (nSPS) is 17.0. The first kappa shape index (κ1) is 10.7. The van der Waals surface area contributed by atoms with Gasteiger partial charge in [-0.1, -0.05) is 0 Å². The van der Waals surface area contributed by atoms with E-state index in [2.05, 4.69) is 35.6 Å². The highest BCUT2D eigenvalue weighted by Crippen LogP contribution is 2.35. The molecule has 1 saturated carbocycles. The van der Waals surface area contributed by atoms with Gasteiger partial charge in [0, 0.05) is 36.4 Å². The molecule has 84 valence electrons. The molecule has 1 aromatic heterocycles. The van der Waals surface area contributed by atoms with Gasteiger partial charge in [0.15, 0.2) is 0 Å². The van der Waals surface area contributed by atoms with Gasteiger partial charge in [-0.15, -0.1) is 0 Å². The van der Waals surface area contributed by atoms with Crippen LogP contribution in [0.4, 0.5) is 0 Å². The van der Waals surface area contributed by atoms with Gasteiger partial charge in [-0.25, -0.2) is 4.98 Å². The molecule has 1 heterocycles. The smallest absolute Gasteiger partial charge is 0.0950 e. The monoisotopic (exact) mass is 207 g/mol. The highest BCUT2D eigenvalue weighted by Gasteiger charge is 2.24. The second-order valence-electron chi connectivity index (χ2n) is 5.45. The second kappa shape index (κ2) is 3.97. The van der Waals surface area contributed by atoms with Crippen molar-refractivity contribution < 1.29 is 0 Å². The molecule has 0 atom stereocenters. The van der Waals surface area contributed by atoms with Crippen LogP contribution < -0.4 is 5.32 Å². The molecule has 1 fully saturated rings. The quantitative estimate of drug-likeness (QED) is 0.820. The maximum atomic E-state index is 4.23. The van der Waals surface area contributed by atoms with Crippen LogP contribution in [0.2, 0.25) is 0 Å². The lowest BCUT2D eigenvalue weighted by Crippen LogP contribution is -2.37. The van der Waals surface area contributed by atoms with Crippen molar-refractivity contribution >= 4 is 0 Å². The van der Waals surface area contributed by atoms with E-state index < -0.39 is 0 Å². The minimum Gasteiger partial charge on any atom is -0.332 e. The molecule has 1 aliphatic rings. The van der Waals surface area contributed by atoms with Gasteiger partial charge in [-0.05, 0) is 33.6 Å². The van der Waals surface area contributed by atoms with E-state index in [9.17, 15) is 0 Å². The van der Waals surface area contributed by atoms with Crippen molar-refractivity contribution in [3.8, 4) is 0 Å². The summed E-state index contributed by atoms with van der Waals surface area (Å²) in [6, 6.07) is 0.747. The average molecular weight is 207 g/mol. The Bertz CT molecular complexity index is 318. The van der Waals surface area contributed by atoms with E-state index in [0.717, 1.165) is 19.0 Å². The Morgan fingerprint density at radius 3 is 2.80 bits per heavy atom. The summed E-state index contributed by atoms with van der Waals surface area (Å²) in [5.41, 5.74) is 1.58. The van der Waals surface area contributed by atoms with Crippen molar-refractivity contribution in [3.05, 3.63) is 18.2 Å². The van der Waals surface area contributed by atoms with Gasteiger partial charge < -0.3 is 9.88 Å². The van der Waals surface area contributed by atoms with Gasteiger partial charge in [0.2, 0.25) is 0 Å². The third-order valence-electron chi connectivity index (χ3n) is 2.72. The van der Waals surface area contributed by atoms with Crippen molar-refractivity contribution in [1.82, 2.24) is 14.9 Å². The Kier molecular flexibility index (Phi) is 2.83. The van der Waals surface area contributed by atoms with Crippen molar-refractivity contribution in [2.45, 2.75) is 51.6 Å². The molecule has 0 amide bonds. The standard InChI is InChI=1S/C12H21N3/c1-12(2,3)14-7-6-11-8-13-9-15(11)10-4-5-10/h8-10,14H,4-7H2,1-3H3. The maximum Gasteiger partial charge on any atom is 0.0950 e. The van der Waals surface area contributed by atoms with E-state index in [1.165, 1.54) is 18.5 Å². The topological polar surface area (TPSA) is 29.9 Å². The lowest BCUT2D eigenvalue weighted by molar-refractivity contribution is 0.426. The van der Waals surface area contributed by atoms with Crippen LogP contribution >= 0.6 is 0 Å². The van der Waals surface area contributed by atoms with Crippen LogP contribution in [-0.4, -0.2) is 21.6 Å². The zero-order valence-electron chi connectivity index (χ0n) is 9.95. The Hall–Kier alpha value is -0.830. The number of imidazole rings is 1. The summed E-state index contributed by atoms with van der Waals surface area (Å²) in [6.45, 7) is 7.63. The molecular weight excluding hydrogens is 186 g/mol. The molecule has 0 spiro atoms. The van der Waals surface area contributed by atoms with Gasteiger partial charge in [0.05, 0.1) is 6.33 Å². The van der Waals surface area contributed by atoms with Crippen molar-refractivity contribution in [2.24, 2.45) is 0 Å². The first-order valence-electron chi connectivity index (χ1n) is 5.82. The van der Waals surface area contributed by atoms with Crippen LogP contribution in [0.1, 0.15) is 45.3 Å². The average Bonchev–Trinajstić information content (AvgIpc) is 2.86. The number of aromatic nitrogens is 2. The summed E-state index contributed by atoms with van der Waals surface area (Å²) in [5.74, 6) is 0. The Morgan fingerprint density at radius 1 is 1.47 bits per heavy atom. The molecule has 0 aliphatic heterocycles. The van der Waals surface area contributed by atoms with E-state index in [1.807, 2.05) is 12.5 Å². The van der Waals surface area contributed by atoms with E-state index in [0.29, 0.717) is 0 Å².